The third-order valence-corrected chi connectivity index (χ3v) is 8.47. The fourth-order valence-corrected chi connectivity index (χ4v) is 5.58. The second-order valence-electron chi connectivity index (χ2n) is 11.7. The largest absolute Gasteiger partial charge is 0.489 e. The standard InChI is InChI=1S/C33H34ClN9O8/c1-35-28(45)17-51-26-12-18-11-19(3-7-25(18)42(2)32(26)48)38-29-22(34)14-37-33(41-29)43-9-10-49-21(15-43)16-50-20-4-5-23(36-13-20)30(46)39-24-6-8-27(44)40-31(24)47/h3-5,7,11-14,21,24H,6,8-10,15-17H2,1-2H3,(H,35,45)(H,39,46)(H,37,38,41)(H,40,44,47). The van der Waals surface area contributed by atoms with Gasteiger partial charge in [0.05, 0.1) is 31.1 Å². The van der Waals surface area contributed by atoms with Crippen LogP contribution in [0.3, 0.4) is 0 Å². The van der Waals surface area contributed by atoms with Crippen LogP contribution in [0.5, 0.6) is 11.5 Å². The topological polar surface area (TPSA) is 208 Å². The minimum Gasteiger partial charge on any atom is -0.489 e. The van der Waals surface area contributed by atoms with Crippen molar-refractivity contribution in [2.45, 2.75) is 25.0 Å². The molecule has 1 aromatic carbocycles. The molecule has 0 bridgehead atoms. The lowest BCUT2D eigenvalue weighted by Gasteiger charge is -2.33. The molecular weight excluding hydrogens is 686 g/mol. The lowest BCUT2D eigenvalue weighted by atomic mass is 10.1. The second-order valence-corrected chi connectivity index (χ2v) is 12.1. The van der Waals surface area contributed by atoms with E-state index in [-0.39, 0.29) is 61.0 Å². The number of morpholine rings is 1. The Morgan fingerprint density at radius 1 is 1.10 bits per heavy atom. The monoisotopic (exact) mass is 719 g/mol. The third-order valence-electron chi connectivity index (χ3n) is 8.19. The van der Waals surface area contributed by atoms with Crippen LogP contribution < -0.4 is 41.2 Å². The van der Waals surface area contributed by atoms with E-state index >= 15 is 0 Å². The van der Waals surface area contributed by atoms with Crippen molar-refractivity contribution < 1.29 is 33.4 Å². The number of rotatable bonds is 11. The fourth-order valence-electron chi connectivity index (χ4n) is 5.44. The lowest BCUT2D eigenvalue weighted by molar-refractivity contribution is -0.134. The average molecular weight is 720 g/mol. The summed E-state index contributed by atoms with van der Waals surface area (Å²) in [7, 11) is 3.11. The Hall–Kier alpha value is -5.81. The normalized spacial score (nSPS) is 17.4. The molecule has 2 fully saturated rings. The smallest absolute Gasteiger partial charge is 0.293 e. The number of aryl methyl sites for hydroxylation is 1. The van der Waals surface area contributed by atoms with Gasteiger partial charge >= 0.3 is 0 Å². The Balaban J connectivity index is 1.07. The fraction of sp³-hybridized carbons (Fsp3) is 0.333. The molecule has 6 rings (SSSR count). The maximum atomic E-state index is 12.7. The number of fused-ring (bicyclic) bond motifs is 1. The Labute approximate surface area is 295 Å². The molecule has 2 aliphatic heterocycles. The number of amides is 4. The number of hydrogen-bond acceptors (Lipinski definition) is 13. The van der Waals surface area contributed by atoms with Crippen molar-refractivity contribution in [3.8, 4) is 11.5 Å². The zero-order chi connectivity index (χ0) is 36.1. The zero-order valence-electron chi connectivity index (χ0n) is 27.6. The van der Waals surface area contributed by atoms with E-state index in [0.717, 1.165) is 0 Å². The number of pyridine rings is 2. The SMILES string of the molecule is CNC(=O)COc1cc2cc(Nc3nc(N4CCOC(COc5ccc(C(=O)NC6CCC(=O)NC6=O)nc5)C4)ncc3Cl)ccc2n(C)c1=O. The summed E-state index contributed by atoms with van der Waals surface area (Å²) in [4.78, 5) is 75.4. The predicted octanol–water partition coefficient (Wildman–Crippen LogP) is 1.06. The highest BCUT2D eigenvalue weighted by Crippen LogP contribution is 2.28. The first-order valence-corrected chi connectivity index (χ1v) is 16.3. The molecule has 51 heavy (non-hydrogen) atoms. The van der Waals surface area contributed by atoms with E-state index in [1.807, 2.05) is 11.0 Å². The molecule has 4 aromatic rings. The van der Waals surface area contributed by atoms with E-state index in [1.165, 1.54) is 30.1 Å². The maximum Gasteiger partial charge on any atom is 0.293 e. The number of nitrogens with one attached hydrogen (secondary N) is 4. The van der Waals surface area contributed by atoms with Crippen LogP contribution in [0, 0.1) is 0 Å². The number of anilines is 3. The second kappa shape index (κ2) is 15.4. The molecule has 0 spiro atoms. The number of halogens is 1. The number of piperidine rings is 1. The number of aromatic nitrogens is 4. The van der Waals surface area contributed by atoms with Crippen LogP contribution in [0.25, 0.3) is 10.9 Å². The molecule has 0 aliphatic carbocycles. The van der Waals surface area contributed by atoms with Crippen LogP contribution in [-0.2, 0) is 26.2 Å². The number of nitrogens with zero attached hydrogens (tertiary/aromatic N) is 5. The van der Waals surface area contributed by atoms with Crippen LogP contribution in [0.1, 0.15) is 23.3 Å². The highest BCUT2D eigenvalue weighted by atomic mass is 35.5. The molecule has 3 aromatic heterocycles. The first-order chi connectivity index (χ1) is 24.6. The van der Waals surface area contributed by atoms with Crippen LogP contribution in [0.4, 0.5) is 17.5 Å². The molecule has 2 unspecified atom stereocenters. The summed E-state index contributed by atoms with van der Waals surface area (Å²) in [5, 5.41) is 11.5. The summed E-state index contributed by atoms with van der Waals surface area (Å²) in [5.74, 6) is -0.545. The van der Waals surface area contributed by atoms with E-state index in [1.54, 1.807) is 31.3 Å². The van der Waals surface area contributed by atoms with E-state index in [4.69, 9.17) is 25.8 Å². The van der Waals surface area contributed by atoms with Crippen LogP contribution in [-0.4, -0.2) is 95.3 Å². The van der Waals surface area contributed by atoms with Gasteiger partial charge in [-0.2, -0.15) is 4.98 Å². The molecule has 2 saturated heterocycles. The van der Waals surface area contributed by atoms with Crippen molar-refractivity contribution in [3.63, 3.8) is 0 Å². The summed E-state index contributed by atoms with van der Waals surface area (Å²) >= 11 is 6.48. The number of benzene rings is 1. The van der Waals surface area contributed by atoms with Crippen LogP contribution in [0.2, 0.25) is 5.02 Å². The van der Waals surface area contributed by atoms with E-state index in [9.17, 15) is 24.0 Å². The first-order valence-electron chi connectivity index (χ1n) is 15.9. The van der Waals surface area contributed by atoms with Crippen molar-refractivity contribution in [1.82, 2.24) is 35.5 Å². The molecule has 5 heterocycles. The van der Waals surface area contributed by atoms with Gasteiger partial charge in [-0.25, -0.2) is 9.97 Å². The Kier molecular flexibility index (Phi) is 10.6. The molecule has 0 radical (unpaired) electrons. The van der Waals surface area contributed by atoms with Gasteiger partial charge in [0.1, 0.15) is 35.2 Å². The van der Waals surface area contributed by atoms with E-state index in [0.29, 0.717) is 58.8 Å². The molecule has 2 aliphatic rings. The van der Waals surface area contributed by atoms with E-state index < -0.39 is 17.9 Å². The molecule has 17 nitrogen and oxygen atoms in total. The number of likely N-dealkylation sites (N-methyl/N-ethyl adjacent to an activating group) is 1. The van der Waals surface area contributed by atoms with Gasteiger partial charge in [-0.15, -0.1) is 0 Å². The molecular formula is C33H34ClN9O8. The molecule has 266 valence electrons. The molecule has 18 heteroatoms. The van der Waals surface area contributed by atoms with Crippen LogP contribution in [0.15, 0.2) is 53.6 Å². The quantitative estimate of drug-likeness (QED) is 0.160. The lowest BCUT2D eigenvalue weighted by Crippen LogP contribution is -2.52. The third kappa shape index (κ3) is 8.33. The highest BCUT2D eigenvalue weighted by Gasteiger charge is 2.29. The van der Waals surface area contributed by atoms with Gasteiger partial charge in [0, 0.05) is 38.1 Å². The van der Waals surface area contributed by atoms with Crippen LogP contribution >= 0.6 is 11.6 Å². The maximum absolute atomic E-state index is 12.7. The summed E-state index contributed by atoms with van der Waals surface area (Å²) in [6.07, 6.45) is 2.95. The van der Waals surface area contributed by atoms with Gasteiger partial charge in [0.25, 0.3) is 17.4 Å². The summed E-state index contributed by atoms with van der Waals surface area (Å²) in [5.41, 5.74) is 1.04. The van der Waals surface area contributed by atoms with Gasteiger partial charge in [-0.05, 0) is 42.8 Å². The van der Waals surface area contributed by atoms with Crippen molar-refractivity contribution in [2.24, 2.45) is 7.05 Å². The van der Waals surface area contributed by atoms with Crippen molar-refractivity contribution in [3.05, 3.63) is 69.9 Å². The highest BCUT2D eigenvalue weighted by molar-refractivity contribution is 6.33. The van der Waals surface area contributed by atoms with Crippen molar-refractivity contribution >= 4 is 63.6 Å². The summed E-state index contributed by atoms with van der Waals surface area (Å²) in [6.45, 7) is 1.24. The van der Waals surface area contributed by atoms with Gasteiger partial charge in [-0.3, -0.25) is 29.3 Å². The molecule has 4 N–H and O–H groups in total. The number of hydrogen-bond donors (Lipinski definition) is 4. The van der Waals surface area contributed by atoms with Crippen molar-refractivity contribution in [2.75, 3.05) is 50.2 Å². The minimum atomic E-state index is -0.802. The Bertz CT molecular complexity index is 2040. The van der Waals surface area contributed by atoms with Crippen molar-refractivity contribution in [1.29, 1.82) is 0 Å². The number of ether oxygens (including phenoxy) is 3. The van der Waals surface area contributed by atoms with Gasteiger partial charge in [-0.1, -0.05) is 11.6 Å². The minimum absolute atomic E-state index is 0.0432. The molecule has 4 amide bonds. The van der Waals surface area contributed by atoms with E-state index in [2.05, 4.69) is 36.2 Å². The molecule has 2 atom stereocenters. The Morgan fingerprint density at radius 2 is 1.94 bits per heavy atom. The van der Waals surface area contributed by atoms with Gasteiger partial charge < -0.3 is 39.6 Å². The molecule has 0 saturated carbocycles. The average Bonchev–Trinajstić information content (AvgIpc) is 3.13. The van der Waals surface area contributed by atoms with Gasteiger partial charge in [0.2, 0.25) is 17.8 Å². The number of carbonyl (C=O) groups is 4. The first kappa shape index (κ1) is 35.0. The summed E-state index contributed by atoms with van der Waals surface area (Å²) in [6, 6.07) is 9.25. The number of imide groups is 1. The Morgan fingerprint density at radius 3 is 2.71 bits per heavy atom. The summed E-state index contributed by atoms with van der Waals surface area (Å²) < 4.78 is 18.7. The number of carbonyl (C=O) groups excluding carboxylic acids is 4. The van der Waals surface area contributed by atoms with Gasteiger partial charge in [0.15, 0.2) is 18.2 Å². The zero-order valence-corrected chi connectivity index (χ0v) is 28.4. The predicted molar refractivity (Wildman–Crippen MR) is 184 cm³/mol.